The number of benzene rings is 1. The Balaban J connectivity index is 2.13. The first kappa shape index (κ1) is 19.0. The molecule has 25 heavy (non-hydrogen) atoms. The standard InChI is InChI=1S/C17H17ClN2O4S/c1-9(2)14(15(21)20-17(19)23)24-16(22)13-8-7-12(25-13)10-3-5-11(18)6-4-10/h3-9,14H,1-2H3,(H3,19,20,21,23)/t14-/m1/s1. The number of thiophene rings is 1. The van der Waals surface area contributed by atoms with Crippen molar-refractivity contribution < 1.29 is 19.1 Å². The minimum atomic E-state index is -1.11. The Morgan fingerprint density at radius 1 is 1.12 bits per heavy atom. The highest BCUT2D eigenvalue weighted by atomic mass is 35.5. The molecular formula is C17H17ClN2O4S. The number of hydrogen-bond donors (Lipinski definition) is 2. The molecule has 2 aromatic rings. The van der Waals surface area contributed by atoms with Crippen molar-refractivity contribution in [2.24, 2.45) is 11.7 Å². The third kappa shape index (κ3) is 5.04. The second-order valence-corrected chi connectivity index (χ2v) is 7.11. The van der Waals surface area contributed by atoms with Crippen molar-refractivity contribution in [3.8, 4) is 10.4 Å². The van der Waals surface area contributed by atoms with Crippen LogP contribution in [0.15, 0.2) is 36.4 Å². The predicted molar refractivity (Wildman–Crippen MR) is 96.5 cm³/mol. The fourth-order valence-corrected chi connectivity index (χ4v) is 3.10. The summed E-state index contributed by atoms with van der Waals surface area (Å²) in [7, 11) is 0. The van der Waals surface area contributed by atoms with Crippen LogP contribution in [0.4, 0.5) is 4.79 Å². The van der Waals surface area contributed by atoms with Gasteiger partial charge in [0.05, 0.1) is 0 Å². The quantitative estimate of drug-likeness (QED) is 0.776. The van der Waals surface area contributed by atoms with Gasteiger partial charge in [-0.2, -0.15) is 0 Å². The number of ether oxygens (including phenoxy) is 1. The van der Waals surface area contributed by atoms with Gasteiger partial charge in [-0.05, 0) is 35.7 Å². The lowest BCUT2D eigenvalue weighted by atomic mass is 10.1. The van der Waals surface area contributed by atoms with E-state index in [1.807, 2.05) is 17.4 Å². The van der Waals surface area contributed by atoms with E-state index in [1.165, 1.54) is 11.3 Å². The summed E-state index contributed by atoms with van der Waals surface area (Å²) in [6.45, 7) is 3.40. The van der Waals surface area contributed by atoms with Crippen molar-refractivity contribution in [2.45, 2.75) is 20.0 Å². The first-order chi connectivity index (χ1) is 11.8. The van der Waals surface area contributed by atoms with Gasteiger partial charge in [0, 0.05) is 9.90 Å². The second kappa shape index (κ2) is 8.13. The third-order valence-electron chi connectivity index (χ3n) is 3.28. The molecule has 0 bridgehead atoms. The summed E-state index contributed by atoms with van der Waals surface area (Å²) < 4.78 is 5.26. The van der Waals surface area contributed by atoms with E-state index in [4.69, 9.17) is 22.1 Å². The number of urea groups is 1. The molecular weight excluding hydrogens is 364 g/mol. The molecule has 0 unspecified atom stereocenters. The van der Waals surface area contributed by atoms with E-state index in [0.717, 1.165) is 10.4 Å². The monoisotopic (exact) mass is 380 g/mol. The van der Waals surface area contributed by atoms with Crippen LogP contribution >= 0.6 is 22.9 Å². The number of nitrogens with two attached hydrogens (primary N) is 1. The molecule has 0 radical (unpaired) electrons. The molecule has 0 aliphatic rings. The number of amides is 3. The minimum absolute atomic E-state index is 0.320. The maximum absolute atomic E-state index is 12.3. The zero-order valence-corrected chi connectivity index (χ0v) is 15.2. The molecule has 0 fully saturated rings. The van der Waals surface area contributed by atoms with E-state index in [1.54, 1.807) is 38.1 Å². The van der Waals surface area contributed by atoms with Gasteiger partial charge in [-0.1, -0.05) is 37.6 Å². The van der Waals surface area contributed by atoms with E-state index >= 15 is 0 Å². The normalized spacial score (nSPS) is 11.8. The van der Waals surface area contributed by atoms with Gasteiger partial charge in [-0.15, -0.1) is 11.3 Å². The molecule has 6 nitrogen and oxygen atoms in total. The van der Waals surface area contributed by atoms with E-state index in [0.29, 0.717) is 9.90 Å². The topological polar surface area (TPSA) is 98.5 Å². The number of hydrogen-bond acceptors (Lipinski definition) is 5. The van der Waals surface area contributed by atoms with Gasteiger partial charge in [-0.3, -0.25) is 10.1 Å². The fourth-order valence-electron chi connectivity index (χ4n) is 2.08. The Bertz CT molecular complexity index is 786. The van der Waals surface area contributed by atoms with Crippen molar-refractivity contribution >= 4 is 40.8 Å². The smallest absolute Gasteiger partial charge is 0.349 e. The van der Waals surface area contributed by atoms with Crippen LogP contribution in [0.5, 0.6) is 0 Å². The number of primary amides is 1. The number of carbonyl (C=O) groups excluding carboxylic acids is 3. The number of rotatable bonds is 5. The first-order valence-electron chi connectivity index (χ1n) is 7.45. The lowest BCUT2D eigenvalue weighted by Gasteiger charge is -2.19. The van der Waals surface area contributed by atoms with Gasteiger partial charge in [0.1, 0.15) is 4.88 Å². The lowest BCUT2D eigenvalue weighted by Crippen LogP contribution is -2.45. The summed E-state index contributed by atoms with van der Waals surface area (Å²) in [5.74, 6) is -1.70. The zero-order valence-electron chi connectivity index (χ0n) is 13.6. The van der Waals surface area contributed by atoms with E-state index in [2.05, 4.69) is 0 Å². The molecule has 132 valence electrons. The van der Waals surface area contributed by atoms with Crippen LogP contribution in [-0.4, -0.2) is 24.0 Å². The molecule has 1 aromatic carbocycles. The Labute approximate surface area is 153 Å². The summed E-state index contributed by atoms with van der Waals surface area (Å²) in [5.41, 5.74) is 5.85. The van der Waals surface area contributed by atoms with Crippen LogP contribution in [0, 0.1) is 5.92 Å². The summed E-state index contributed by atoms with van der Waals surface area (Å²) in [5, 5.41) is 2.56. The molecule has 2 rings (SSSR count). The third-order valence-corrected chi connectivity index (χ3v) is 4.65. The largest absolute Gasteiger partial charge is 0.448 e. The van der Waals surface area contributed by atoms with Crippen LogP contribution in [0.2, 0.25) is 5.02 Å². The zero-order chi connectivity index (χ0) is 18.6. The molecule has 1 aromatic heterocycles. The van der Waals surface area contributed by atoms with Crippen molar-refractivity contribution in [3.63, 3.8) is 0 Å². The molecule has 1 atom stereocenters. The van der Waals surface area contributed by atoms with Crippen molar-refractivity contribution in [1.29, 1.82) is 0 Å². The second-order valence-electron chi connectivity index (χ2n) is 5.59. The van der Waals surface area contributed by atoms with Crippen LogP contribution < -0.4 is 11.1 Å². The molecule has 8 heteroatoms. The molecule has 3 N–H and O–H groups in total. The fraction of sp³-hybridized carbons (Fsp3) is 0.235. The molecule has 0 saturated carbocycles. The van der Waals surface area contributed by atoms with Crippen LogP contribution in [-0.2, 0) is 9.53 Å². The Morgan fingerprint density at radius 3 is 2.32 bits per heavy atom. The Hall–Kier alpha value is -2.38. The molecule has 0 aliphatic heterocycles. The van der Waals surface area contributed by atoms with Crippen molar-refractivity contribution in [3.05, 3.63) is 46.3 Å². The summed E-state index contributed by atoms with van der Waals surface area (Å²) in [6.07, 6.45) is -1.11. The van der Waals surface area contributed by atoms with E-state index in [-0.39, 0.29) is 5.92 Å². The number of imide groups is 1. The number of nitrogens with one attached hydrogen (secondary N) is 1. The van der Waals surface area contributed by atoms with Crippen LogP contribution in [0.3, 0.4) is 0 Å². The number of carbonyl (C=O) groups is 3. The first-order valence-corrected chi connectivity index (χ1v) is 8.64. The molecule has 3 amide bonds. The molecule has 0 aliphatic carbocycles. The van der Waals surface area contributed by atoms with E-state index in [9.17, 15) is 14.4 Å². The van der Waals surface area contributed by atoms with Gasteiger partial charge >= 0.3 is 12.0 Å². The van der Waals surface area contributed by atoms with Gasteiger partial charge in [-0.25, -0.2) is 9.59 Å². The average Bonchev–Trinajstić information content (AvgIpc) is 3.02. The van der Waals surface area contributed by atoms with Crippen molar-refractivity contribution in [1.82, 2.24) is 5.32 Å². The van der Waals surface area contributed by atoms with Gasteiger partial charge in [0.25, 0.3) is 5.91 Å². The van der Waals surface area contributed by atoms with Gasteiger partial charge < -0.3 is 10.5 Å². The molecule has 1 heterocycles. The predicted octanol–water partition coefficient (Wildman–Crippen LogP) is 3.44. The van der Waals surface area contributed by atoms with E-state index < -0.39 is 24.0 Å². The van der Waals surface area contributed by atoms with Crippen LogP contribution in [0.25, 0.3) is 10.4 Å². The minimum Gasteiger partial charge on any atom is -0.448 e. The SMILES string of the molecule is CC(C)[C@@H](OC(=O)c1ccc(-c2ccc(Cl)cc2)s1)C(=O)NC(N)=O. The van der Waals surface area contributed by atoms with Crippen molar-refractivity contribution in [2.75, 3.05) is 0 Å². The molecule has 0 saturated heterocycles. The summed E-state index contributed by atoms with van der Waals surface area (Å²) in [6, 6.07) is 9.64. The highest BCUT2D eigenvalue weighted by molar-refractivity contribution is 7.17. The summed E-state index contributed by atoms with van der Waals surface area (Å²) >= 11 is 7.10. The average molecular weight is 381 g/mol. The Morgan fingerprint density at radius 2 is 1.76 bits per heavy atom. The highest BCUT2D eigenvalue weighted by Gasteiger charge is 2.28. The van der Waals surface area contributed by atoms with Crippen LogP contribution in [0.1, 0.15) is 23.5 Å². The number of esters is 1. The summed E-state index contributed by atoms with van der Waals surface area (Å²) in [4.78, 5) is 36.3. The maximum atomic E-state index is 12.3. The maximum Gasteiger partial charge on any atom is 0.349 e. The lowest BCUT2D eigenvalue weighted by molar-refractivity contribution is -0.130. The number of halogens is 1. The van der Waals surface area contributed by atoms with Gasteiger partial charge in [0.15, 0.2) is 6.10 Å². The molecule has 0 spiro atoms. The Kier molecular flexibility index (Phi) is 6.17. The van der Waals surface area contributed by atoms with Gasteiger partial charge in [0.2, 0.25) is 0 Å². The highest BCUT2D eigenvalue weighted by Crippen LogP contribution is 2.29.